The summed E-state index contributed by atoms with van der Waals surface area (Å²) < 4.78 is 19.7. The minimum Gasteiger partial charge on any atom is -0.495 e. The molecule has 1 saturated heterocycles. The first kappa shape index (κ1) is 27.4. The van der Waals surface area contributed by atoms with E-state index in [1.165, 1.54) is 6.92 Å². The van der Waals surface area contributed by atoms with E-state index in [0.29, 0.717) is 29.5 Å². The smallest absolute Gasteiger partial charge is 0.255 e. The number of likely N-dealkylation sites (tertiary alicyclic amines) is 1. The number of aryl methyl sites for hydroxylation is 1. The van der Waals surface area contributed by atoms with Gasteiger partial charge >= 0.3 is 0 Å². The molecule has 1 aliphatic heterocycles. The Morgan fingerprint density at radius 1 is 1.22 bits per heavy atom. The molecule has 0 spiro atoms. The second-order valence-electron chi connectivity index (χ2n) is 9.62. The minimum atomic E-state index is -1.41. The Labute approximate surface area is 223 Å². The number of ether oxygens (including phenoxy) is 1. The van der Waals surface area contributed by atoms with Crippen LogP contribution in [0, 0.1) is 12.8 Å². The average molecular weight is 545 g/mol. The number of rotatable bonds is 9. The fourth-order valence-corrected chi connectivity index (χ4v) is 5.54. The van der Waals surface area contributed by atoms with Crippen molar-refractivity contribution in [3.63, 3.8) is 0 Å². The lowest BCUT2D eigenvalue weighted by atomic mass is 9.96. The minimum absolute atomic E-state index is 0.0877. The van der Waals surface area contributed by atoms with Crippen LogP contribution in [0.15, 0.2) is 42.6 Å². The van der Waals surface area contributed by atoms with E-state index in [0.717, 1.165) is 66.3 Å². The summed E-state index contributed by atoms with van der Waals surface area (Å²) in [6, 6.07) is 11.3. The van der Waals surface area contributed by atoms with Gasteiger partial charge < -0.3 is 15.0 Å². The molecule has 10 heteroatoms. The van der Waals surface area contributed by atoms with Crippen molar-refractivity contribution in [3.8, 4) is 5.75 Å². The fourth-order valence-electron chi connectivity index (χ4n) is 4.58. The highest BCUT2D eigenvalue weighted by atomic mass is 32.2. The predicted molar refractivity (Wildman–Crippen MR) is 150 cm³/mol. The van der Waals surface area contributed by atoms with Crippen LogP contribution < -0.4 is 10.1 Å². The van der Waals surface area contributed by atoms with Gasteiger partial charge in [-0.3, -0.25) is 14.3 Å². The first-order chi connectivity index (χ1) is 17.6. The number of carbonyl (C=O) groups is 2. The van der Waals surface area contributed by atoms with Gasteiger partial charge in [-0.05, 0) is 56.9 Å². The van der Waals surface area contributed by atoms with Crippen LogP contribution in [0.2, 0.25) is 0 Å². The van der Waals surface area contributed by atoms with Gasteiger partial charge in [0.05, 0.1) is 23.6 Å². The number of methoxy groups -OCH3 is 1. The van der Waals surface area contributed by atoms with Gasteiger partial charge in [-0.25, -0.2) is 4.39 Å². The molecule has 1 fully saturated rings. The number of nitrogens with one attached hydrogen (secondary N) is 1. The maximum atomic E-state index is 13.6. The molecule has 1 aliphatic rings. The number of halogens is 1. The second-order valence-corrected chi connectivity index (χ2v) is 12.6. The van der Waals surface area contributed by atoms with E-state index in [9.17, 15) is 14.0 Å². The van der Waals surface area contributed by atoms with Gasteiger partial charge in [0.1, 0.15) is 5.75 Å². The number of alkyl halides is 1. The van der Waals surface area contributed by atoms with Gasteiger partial charge in [-0.2, -0.15) is 5.10 Å². The number of aromatic nitrogens is 2. The molecule has 0 radical (unpaired) electrons. The number of carbonyl (C=O) groups excluding carboxylic acids is 2. The van der Waals surface area contributed by atoms with E-state index < -0.39 is 4.74 Å². The van der Waals surface area contributed by atoms with Gasteiger partial charge in [0, 0.05) is 43.7 Å². The number of hydrogen-bond donors (Lipinski definition) is 1. The molecule has 1 aromatic heterocycles. The summed E-state index contributed by atoms with van der Waals surface area (Å²) in [7, 11) is 3.68. The Morgan fingerprint density at radius 3 is 2.57 bits per heavy atom. The standard InChI is InChI=1S/C27H34FN4O3PS/c1-18-4-6-20(7-5-18)26(34)31-13-10-19(11-14-31)16-32-17-22-23(30-32)9-8-21(24(22)35-3)25(33)29-12-15-37-27(2,28)36/h4-9,17,19H,10-16,36H2,1-3H3,(H,29,33). The number of benzene rings is 2. The molecule has 2 heterocycles. The topological polar surface area (TPSA) is 76.5 Å². The van der Waals surface area contributed by atoms with Crippen molar-refractivity contribution in [2.24, 2.45) is 5.92 Å². The van der Waals surface area contributed by atoms with Gasteiger partial charge in [0.15, 0.2) is 4.74 Å². The zero-order valence-electron chi connectivity index (χ0n) is 21.5. The van der Waals surface area contributed by atoms with Crippen molar-refractivity contribution in [2.75, 3.05) is 32.5 Å². The molecule has 7 nitrogen and oxygen atoms in total. The molecule has 3 aromatic rings. The van der Waals surface area contributed by atoms with Gasteiger partial charge in [-0.15, -0.1) is 11.8 Å². The van der Waals surface area contributed by atoms with Crippen LogP contribution in [-0.2, 0) is 6.54 Å². The quantitative estimate of drug-likeness (QED) is 0.307. The lowest BCUT2D eigenvalue weighted by Gasteiger charge is -2.32. The first-order valence-corrected chi connectivity index (χ1v) is 14.0. The van der Waals surface area contributed by atoms with Crippen LogP contribution in [0.4, 0.5) is 4.39 Å². The molecule has 2 aromatic carbocycles. The summed E-state index contributed by atoms with van der Waals surface area (Å²) in [6.45, 7) is 6.01. The molecule has 198 valence electrons. The molecule has 2 atom stereocenters. The number of fused-ring (bicyclic) bond motifs is 1. The molecule has 2 amide bonds. The second kappa shape index (κ2) is 11.8. The van der Waals surface area contributed by atoms with Crippen LogP contribution in [0.1, 0.15) is 46.0 Å². The molecule has 37 heavy (non-hydrogen) atoms. The summed E-state index contributed by atoms with van der Waals surface area (Å²) in [5.74, 6) is 1.17. The van der Waals surface area contributed by atoms with E-state index >= 15 is 0 Å². The number of piperidine rings is 1. The van der Waals surface area contributed by atoms with Crippen LogP contribution in [0.25, 0.3) is 10.9 Å². The highest BCUT2D eigenvalue weighted by Gasteiger charge is 2.25. The summed E-state index contributed by atoms with van der Waals surface area (Å²) in [5, 5.41) is 8.32. The Hall–Kier alpha value is -2.64. The summed E-state index contributed by atoms with van der Waals surface area (Å²) in [6.07, 6.45) is 3.74. The summed E-state index contributed by atoms with van der Waals surface area (Å²) in [5.41, 5.74) is 3.06. The highest BCUT2D eigenvalue weighted by molar-refractivity contribution is 8.03. The van der Waals surface area contributed by atoms with Crippen LogP contribution in [0.5, 0.6) is 5.75 Å². The summed E-state index contributed by atoms with van der Waals surface area (Å²) >= 11 is 1.12. The maximum absolute atomic E-state index is 13.6. The fraction of sp³-hybridized carbons (Fsp3) is 0.444. The zero-order chi connectivity index (χ0) is 26.6. The van der Waals surface area contributed by atoms with E-state index in [2.05, 4.69) is 14.6 Å². The third-order valence-electron chi connectivity index (χ3n) is 6.55. The van der Waals surface area contributed by atoms with E-state index in [1.54, 1.807) is 13.2 Å². The summed E-state index contributed by atoms with van der Waals surface area (Å²) in [4.78, 5) is 27.5. The van der Waals surface area contributed by atoms with E-state index in [1.807, 2.05) is 53.0 Å². The zero-order valence-corrected chi connectivity index (χ0v) is 23.5. The Bertz CT molecular complexity index is 1250. The van der Waals surface area contributed by atoms with Crippen LogP contribution >= 0.6 is 21.0 Å². The van der Waals surface area contributed by atoms with E-state index in [4.69, 9.17) is 9.84 Å². The lowest BCUT2D eigenvalue weighted by Crippen LogP contribution is -2.39. The van der Waals surface area contributed by atoms with Gasteiger partial charge in [-0.1, -0.05) is 26.9 Å². The van der Waals surface area contributed by atoms with Gasteiger partial charge in [0.2, 0.25) is 0 Å². The van der Waals surface area contributed by atoms with Crippen molar-refractivity contribution in [1.82, 2.24) is 20.0 Å². The normalized spacial score (nSPS) is 16.0. The molecule has 4 rings (SSSR count). The van der Waals surface area contributed by atoms with Crippen molar-refractivity contribution in [1.29, 1.82) is 0 Å². The van der Waals surface area contributed by atoms with Crippen molar-refractivity contribution in [3.05, 3.63) is 59.3 Å². The average Bonchev–Trinajstić information content (AvgIpc) is 3.28. The number of amides is 2. The maximum Gasteiger partial charge on any atom is 0.255 e. The SMILES string of the molecule is COc1c(C(=O)NCCSC(C)(F)P)ccc2nn(CC3CCN(C(=O)c4ccc(C)cc4)CC3)cc12. The van der Waals surface area contributed by atoms with Crippen molar-refractivity contribution >= 4 is 43.7 Å². The Balaban J connectivity index is 1.37. The largest absolute Gasteiger partial charge is 0.495 e. The number of thioether (sulfide) groups is 1. The molecule has 2 unspecified atom stereocenters. The van der Waals surface area contributed by atoms with Crippen LogP contribution in [0.3, 0.4) is 0 Å². The Kier molecular flexibility index (Phi) is 8.75. The first-order valence-electron chi connectivity index (χ1n) is 12.4. The number of nitrogens with zero attached hydrogens (tertiary/aromatic N) is 3. The highest BCUT2D eigenvalue weighted by Crippen LogP contribution is 2.33. The molecule has 0 aliphatic carbocycles. The molecular formula is C27H34FN4O3PS. The van der Waals surface area contributed by atoms with E-state index in [-0.39, 0.29) is 11.8 Å². The van der Waals surface area contributed by atoms with Gasteiger partial charge in [0.25, 0.3) is 11.8 Å². The molecular weight excluding hydrogens is 510 g/mol. The van der Waals surface area contributed by atoms with Crippen molar-refractivity contribution in [2.45, 2.75) is 38.0 Å². The lowest BCUT2D eigenvalue weighted by molar-refractivity contribution is 0.0681. The third kappa shape index (κ3) is 7.02. The predicted octanol–water partition coefficient (Wildman–Crippen LogP) is 4.89. The molecule has 1 N–H and O–H groups in total. The third-order valence-corrected chi connectivity index (χ3v) is 8.03. The molecule has 0 bridgehead atoms. The van der Waals surface area contributed by atoms with Crippen LogP contribution in [-0.4, -0.2) is 63.7 Å². The van der Waals surface area contributed by atoms with Crippen molar-refractivity contribution < 1.29 is 18.7 Å². The Morgan fingerprint density at radius 2 is 1.92 bits per heavy atom. The number of hydrogen-bond acceptors (Lipinski definition) is 5. The monoisotopic (exact) mass is 544 g/mol. The molecule has 0 saturated carbocycles.